The standard InChI is InChI=1S/C15H22INO2S/c1-14(2,3)19-13(18)17(5)15(4)7-6-12-10(8-15)11(16)9-20-12/h9H,6-8H2,1-5H3. The minimum absolute atomic E-state index is 0.156. The zero-order chi connectivity index (χ0) is 15.1. The molecule has 1 heterocycles. The molecule has 1 amide bonds. The highest BCUT2D eigenvalue weighted by Gasteiger charge is 2.39. The third-order valence-corrected chi connectivity index (χ3v) is 6.33. The molecule has 0 saturated carbocycles. The van der Waals surface area contributed by atoms with Gasteiger partial charge in [0.15, 0.2) is 0 Å². The molecule has 20 heavy (non-hydrogen) atoms. The Hall–Kier alpha value is -0.300. The van der Waals surface area contributed by atoms with Crippen LogP contribution in [0.1, 0.15) is 44.6 Å². The zero-order valence-electron chi connectivity index (χ0n) is 12.7. The lowest BCUT2D eigenvalue weighted by molar-refractivity contribution is 0.00559. The fraction of sp³-hybridized carbons (Fsp3) is 0.667. The van der Waals surface area contributed by atoms with Crippen LogP contribution in [0.4, 0.5) is 4.79 Å². The van der Waals surface area contributed by atoms with Gasteiger partial charge < -0.3 is 9.64 Å². The van der Waals surface area contributed by atoms with E-state index in [1.807, 2.05) is 39.2 Å². The molecule has 1 aromatic rings. The molecule has 2 rings (SSSR count). The molecule has 1 aliphatic carbocycles. The van der Waals surface area contributed by atoms with E-state index >= 15 is 0 Å². The van der Waals surface area contributed by atoms with E-state index < -0.39 is 5.60 Å². The Morgan fingerprint density at radius 1 is 1.50 bits per heavy atom. The minimum Gasteiger partial charge on any atom is -0.444 e. The Kier molecular flexibility index (Phi) is 4.40. The molecule has 0 bridgehead atoms. The number of halogens is 1. The fourth-order valence-electron chi connectivity index (χ4n) is 2.48. The summed E-state index contributed by atoms with van der Waals surface area (Å²) in [4.78, 5) is 15.6. The lowest BCUT2D eigenvalue weighted by Gasteiger charge is -2.42. The van der Waals surface area contributed by atoms with Gasteiger partial charge >= 0.3 is 6.09 Å². The van der Waals surface area contributed by atoms with Gasteiger partial charge in [-0.15, -0.1) is 11.3 Å². The van der Waals surface area contributed by atoms with Crippen molar-refractivity contribution in [3.63, 3.8) is 0 Å². The third-order valence-electron chi connectivity index (χ3n) is 3.85. The molecule has 3 nitrogen and oxygen atoms in total. The maximum atomic E-state index is 12.3. The first-order chi connectivity index (χ1) is 9.12. The van der Waals surface area contributed by atoms with Crippen molar-refractivity contribution in [2.75, 3.05) is 7.05 Å². The highest BCUT2D eigenvalue weighted by molar-refractivity contribution is 14.1. The molecule has 1 aliphatic rings. The summed E-state index contributed by atoms with van der Waals surface area (Å²) in [5.41, 5.74) is 0.814. The predicted octanol–water partition coefficient (Wildman–Crippen LogP) is 4.47. The molecular formula is C15H22INO2S. The monoisotopic (exact) mass is 407 g/mol. The van der Waals surface area contributed by atoms with Crippen LogP contribution in [0.2, 0.25) is 0 Å². The number of aryl methyl sites for hydroxylation is 1. The lowest BCUT2D eigenvalue weighted by Crippen LogP contribution is -2.52. The van der Waals surface area contributed by atoms with Crippen LogP contribution in [0.3, 0.4) is 0 Å². The van der Waals surface area contributed by atoms with Crippen molar-refractivity contribution in [2.45, 2.75) is 58.1 Å². The summed E-state index contributed by atoms with van der Waals surface area (Å²) in [5.74, 6) is 0. The maximum Gasteiger partial charge on any atom is 0.410 e. The van der Waals surface area contributed by atoms with Gasteiger partial charge in [0, 0.05) is 26.4 Å². The van der Waals surface area contributed by atoms with Crippen molar-refractivity contribution in [3.8, 4) is 0 Å². The number of fused-ring (bicyclic) bond motifs is 1. The van der Waals surface area contributed by atoms with E-state index in [0.717, 1.165) is 19.3 Å². The van der Waals surface area contributed by atoms with E-state index in [1.54, 1.807) is 4.90 Å². The predicted molar refractivity (Wildman–Crippen MR) is 91.5 cm³/mol. The first-order valence-corrected chi connectivity index (χ1v) is 8.80. The van der Waals surface area contributed by atoms with E-state index in [1.165, 1.54) is 14.0 Å². The SMILES string of the molecule is CN(C(=O)OC(C)(C)C)C1(C)CCc2scc(I)c2C1. The van der Waals surface area contributed by atoms with Gasteiger partial charge in [-0.3, -0.25) is 0 Å². The number of rotatable bonds is 1. The van der Waals surface area contributed by atoms with Gasteiger partial charge in [0.1, 0.15) is 5.60 Å². The van der Waals surface area contributed by atoms with Crippen molar-refractivity contribution < 1.29 is 9.53 Å². The number of hydrogen-bond donors (Lipinski definition) is 0. The summed E-state index contributed by atoms with van der Waals surface area (Å²) in [6.45, 7) is 7.87. The van der Waals surface area contributed by atoms with Crippen molar-refractivity contribution in [1.82, 2.24) is 4.90 Å². The normalized spacial score (nSPS) is 22.3. The van der Waals surface area contributed by atoms with Crippen molar-refractivity contribution in [3.05, 3.63) is 19.4 Å². The van der Waals surface area contributed by atoms with Crippen LogP contribution in [0.5, 0.6) is 0 Å². The van der Waals surface area contributed by atoms with E-state index in [2.05, 4.69) is 34.9 Å². The molecule has 1 atom stereocenters. The van der Waals surface area contributed by atoms with E-state index in [9.17, 15) is 4.79 Å². The number of likely N-dealkylation sites (N-methyl/N-ethyl adjacent to an activating group) is 1. The van der Waals surface area contributed by atoms with Crippen LogP contribution in [-0.4, -0.2) is 29.2 Å². The molecule has 0 radical (unpaired) electrons. The number of nitrogens with zero attached hydrogens (tertiary/aromatic N) is 1. The topological polar surface area (TPSA) is 29.5 Å². The average molecular weight is 407 g/mol. The minimum atomic E-state index is -0.446. The van der Waals surface area contributed by atoms with Gasteiger partial charge in [-0.05, 0) is 75.1 Å². The van der Waals surface area contributed by atoms with Crippen LogP contribution in [0.15, 0.2) is 5.38 Å². The second-order valence-electron chi connectivity index (χ2n) is 6.70. The second-order valence-corrected chi connectivity index (χ2v) is 8.82. The number of hydrogen-bond acceptors (Lipinski definition) is 3. The smallest absolute Gasteiger partial charge is 0.410 e. The van der Waals surface area contributed by atoms with Crippen LogP contribution >= 0.6 is 33.9 Å². The summed E-state index contributed by atoms with van der Waals surface area (Å²) >= 11 is 4.23. The van der Waals surface area contributed by atoms with Gasteiger partial charge in [-0.2, -0.15) is 0 Å². The highest BCUT2D eigenvalue weighted by atomic mass is 127. The largest absolute Gasteiger partial charge is 0.444 e. The quantitative estimate of drug-likeness (QED) is 0.643. The van der Waals surface area contributed by atoms with Crippen molar-refractivity contribution in [1.29, 1.82) is 0 Å². The Balaban J connectivity index is 2.16. The Morgan fingerprint density at radius 3 is 2.75 bits per heavy atom. The van der Waals surface area contributed by atoms with Gasteiger partial charge in [0.25, 0.3) is 0 Å². The highest BCUT2D eigenvalue weighted by Crippen LogP contribution is 2.38. The summed E-state index contributed by atoms with van der Waals surface area (Å²) < 4.78 is 6.83. The maximum absolute atomic E-state index is 12.3. The first-order valence-electron chi connectivity index (χ1n) is 6.84. The molecule has 0 aromatic carbocycles. The molecular weight excluding hydrogens is 385 g/mol. The number of ether oxygens (including phenoxy) is 1. The van der Waals surface area contributed by atoms with E-state index in [4.69, 9.17) is 4.74 Å². The van der Waals surface area contributed by atoms with E-state index in [0.29, 0.717) is 0 Å². The molecule has 0 saturated heterocycles. The van der Waals surface area contributed by atoms with E-state index in [-0.39, 0.29) is 11.6 Å². The fourth-order valence-corrected chi connectivity index (χ4v) is 4.49. The zero-order valence-corrected chi connectivity index (χ0v) is 15.7. The van der Waals surface area contributed by atoms with Gasteiger partial charge in [-0.25, -0.2) is 4.79 Å². The van der Waals surface area contributed by atoms with Gasteiger partial charge in [0.2, 0.25) is 0 Å². The van der Waals surface area contributed by atoms with Gasteiger partial charge in [0.05, 0.1) is 0 Å². The molecule has 0 N–H and O–H groups in total. The van der Waals surface area contributed by atoms with Crippen molar-refractivity contribution >= 4 is 40.0 Å². The Bertz CT molecular complexity index is 520. The number of amides is 1. The Morgan fingerprint density at radius 2 is 2.15 bits per heavy atom. The van der Waals surface area contributed by atoms with Crippen LogP contribution in [0.25, 0.3) is 0 Å². The van der Waals surface area contributed by atoms with Crippen LogP contribution < -0.4 is 0 Å². The second kappa shape index (κ2) is 5.48. The first kappa shape index (κ1) is 16.1. The summed E-state index contributed by atoms with van der Waals surface area (Å²) in [6, 6.07) is 0. The van der Waals surface area contributed by atoms with Crippen molar-refractivity contribution in [2.24, 2.45) is 0 Å². The van der Waals surface area contributed by atoms with Gasteiger partial charge in [-0.1, -0.05) is 0 Å². The molecule has 5 heteroatoms. The summed E-state index contributed by atoms with van der Waals surface area (Å²) in [7, 11) is 1.86. The number of carbonyl (C=O) groups excluding carboxylic acids is 1. The number of carbonyl (C=O) groups is 1. The van der Waals surface area contributed by atoms with Crippen LogP contribution in [-0.2, 0) is 17.6 Å². The molecule has 1 unspecified atom stereocenters. The molecule has 0 spiro atoms. The molecule has 0 aliphatic heterocycles. The molecule has 112 valence electrons. The molecule has 1 aromatic heterocycles. The number of thiophene rings is 1. The lowest BCUT2D eigenvalue weighted by atomic mass is 9.82. The third kappa shape index (κ3) is 3.30. The Labute approximate surface area is 138 Å². The van der Waals surface area contributed by atoms with Crippen LogP contribution in [0, 0.1) is 3.57 Å². The summed E-state index contributed by atoms with van der Waals surface area (Å²) in [6.07, 6.45) is 2.73. The summed E-state index contributed by atoms with van der Waals surface area (Å²) in [5, 5.41) is 2.21. The molecule has 0 fully saturated rings. The average Bonchev–Trinajstić information content (AvgIpc) is 2.67.